The molecule has 2 aliphatic rings. The van der Waals surface area contributed by atoms with E-state index in [2.05, 4.69) is 17.4 Å². The lowest BCUT2D eigenvalue weighted by Crippen LogP contribution is -2.50. The summed E-state index contributed by atoms with van der Waals surface area (Å²) in [5.74, 6) is 0.0156. The van der Waals surface area contributed by atoms with Gasteiger partial charge in [-0.05, 0) is 32.1 Å². The van der Waals surface area contributed by atoms with E-state index in [9.17, 15) is 4.79 Å². The molecule has 2 atom stereocenters. The zero-order valence-electron chi connectivity index (χ0n) is 11.3. The van der Waals surface area contributed by atoms with Crippen molar-refractivity contribution < 1.29 is 9.32 Å². The quantitative estimate of drug-likeness (QED) is 0.900. The minimum absolute atomic E-state index is 0.0156. The van der Waals surface area contributed by atoms with Crippen LogP contribution < -0.4 is 5.32 Å². The summed E-state index contributed by atoms with van der Waals surface area (Å²) in [5.41, 5.74) is 0.430. The first kappa shape index (κ1) is 12.7. The Kier molecular flexibility index (Phi) is 3.55. The molecule has 104 valence electrons. The van der Waals surface area contributed by atoms with Crippen molar-refractivity contribution in [1.82, 2.24) is 15.4 Å². The number of carbonyl (C=O) groups is 1. The van der Waals surface area contributed by atoms with Gasteiger partial charge < -0.3 is 14.7 Å². The number of fused-ring (bicyclic) bond motifs is 2. The third-order valence-corrected chi connectivity index (χ3v) is 4.27. The average molecular weight is 263 g/mol. The first-order valence-electron chi connectivity index (χ1n) is 7.25. The molecule has 1 amide bonds. The van der Waals surface area contributed by atoms with Crippen molar-refractivity contribution in [3.63, 3.8) is 0 Å². The maximum Gasteiger partial charge on any atom is 0.276 e. The van der Waals surface area contributed by atoms with Crippen molar-refractivity contribution in [3.8, 4) is 0 Å². The Labute approximate surface area is 113 Å². The van der Waals surface area contributed by atoms with Gasteiger partial charge in [-0.3, -0.25) is 4.79 Å². The van der Waals surface area contributed by atoms with E-state index < -0.39 is 0 Å². The van der Waals surface area contributed by atoms with Gasteiger partial charge in [0, 0.05) is 30.7 Å². The topological polar surface area (TPSA) is 58.4 Å². The van der Waals surface area contributed by atoms with Crippen LogP contribution in [0.4, 0.5) is 0 Å². The number of rotatable bonds is 4. The predicted molar refractivity (Wildman–Crippen MR) is 70.8 cm³/mol. The standard InChI is InChI=1S/C14H21N3O2/c1-2-6-17(14(18)13-5-7-19-16-13)12-8-10-3-4-11(9-12)15-10/h5,7,10-12,15H,2-4,6,8-9H2,1H3. The van der Waals surface area contributed by atoms with Gasteiger partial charge in [0.25, 0.3) is 5.91 Å². The summed E-state index contributed by atoms with van der Waals surface area (Å²) in [5, 5.41) is 7.40. The molecule has 2 fully saturated rings. The van der Waals surface area contributed by atoms with E-state index in [0.717, 1.165) is 25.8 Å². The molecule has 5 heteroatoms. The van der Waals surface area contributed by atoms with Crippen LogP contribution in [-0.4, -0.2) is 40.6 Å². The summed E-state index contributed by atoms with van der Waals surface area (Å²) in [6.07, 6.45) is 7.07. The van der Waals surface area contributed by atoms with Gasteiger partial charge in [0.1, 0.15) is 6.26 Å². The van der Waals surface area contributed by atoms with Gasteiger partial charge in [0.2, 0.25) is 0 Å². The Bertz CT molecular complexity index is 420. The molecule has 2 saturated heterocycles. The van der Waals surface area contributed by atoms with Gasteiger partial charge in [0.15, 0.2) is 5.69 Å². The Hall–Kier alpha value is -1.36. The second-order valence-electron chi connectivity index (χ2n) is 5.65. The summed E-state index contributed by atoms with van der Waals surface area (Å²) in [7, 11) is 0. The molecule has 1 N–H and O–H groups in total. The van der Waals surface area contributed by atoms with Gasteiger partial charge in [-0.1, -0.05) is 12.1 Å². The lowest BCUT2D eigenvalue weighted by molar-refractivity contribution is 0.0606. The van der Waals surface area contributed by atoms with E-state index in [4.69, 9.17) is 4.52 Å². The third kappa shape index (κ3) is 2.52. The highest BCUT2D eigenvalue weighted by Gasteiger charge is 2.37. The van der Waals surface area contributed by atoms with Gasteiger partial charge in [-0.15, -0.1) is 0 Å². The van der Waals surface area contributed by atoms with Crippen molar-refractivity contribution in [3.05, 3.63) is 18.0 Å². The molecule has 2 aliphatic heterocycles. The SMILES string of the molecule is CCCN(C(=O)c1ccon1)C1CC2CCC(C1)N2. The summed E-state index contributed by atoms with van der Waals surface area (Å²) in [6.45, 7) is 2.91. The molecule has 0 saturated carbocycles. The predicted octanol–water partition coefficient (Wildman–Crippen LogP) is 1.81. The molecule has 0 radical (unpaired) electrons. The highest BCUT2D eigenvalue weighted by molar-refractivity contribution is 5.92. The molecule has 3 heterocycles. The van der Waals surface area contributed by atoms with Crippen molar-refractivity contribution in [2.45, 2.75) is 57.2 Å². The number of hydrogen-bond acceptors (Lipinski definition) is 4. The Balaban J connectivity index is 1.75. The highest BCUT2D eigenvalue weighted by Crippen LogP contribution is 2.30. The average Bonchev–Trinajstić information content (AvgIpc) is 3.05. The molecule has 0 aliphatic carbocycles. The van der Waals surface area contributed by atoms with Crippen molar-refractivity contribution in [2.75, 3.05) is 6.54 Å². The van der Waals surface area contributed by atoms with E-state index in [1.807, 2.05) is 4.90 Å². The lowest BCUT2D eigenvalue weighted by Gasteiger charge is -2.37. The van der Waals surface area contributed by atoms with Crippen LogP contribution in [0, 0.1) is 0 Å². The van der Waals surface area contributed by atoms with Crippen LogP contribution in [-0.2, 0) is 0 Å². The normalized spacial score (nSPS) is 29.4. The molecule has 2 unspecified atom stereocenters. The second-order valence-corrected chi connectivity index (χ2v) is 5.65. The molecule has 5 nitrogen and oxygen atoms in total. The van der Waals surface area contributed by atoms with Gasteiger partial charge in [0.05, 0.1) is 0 Å². The minimum Gasteiger partial charge on any atom is -0.364 e. The van der Waals surface area contributed by atoms with E-state index >= 15 is 0 Å². The minimum atomic E-state index is 0.0156. The Morgan fingerprint density at radius 2 is 2.21 bits per heavy atom. The van der Waals surface area contributed by atoms with E-state index in [1.54, 1.807) is 6.07 Å². The van der Waals surface area contributed by atoms with Crippen LogP contribution in [0.25, 0.3) is 0 Å². The molecule has 3 rings (SSSR count). The Morgan fingerprint density at radius 3 is 2.79 bits per heavy atom. The van der Waals surface area contributed by atoms with E-state index in [1.165, 1.54) is 19.1 Å². The fourth-order valence-electron chi connectivity index (χ4n) is 3.44. The third-order valence-electron chi connectivity index (χ3n) is 4.27. The maximum absolute atomic E-state index is 12.5. The molecular formula is C14H21N3O2. The van der Waals surface area contributed by atoms with Crippen LogP contribution in [0.5, 0.6) is 0 Å². The largest absolute Gasteiger partial charge is 0.364 e. The molecule has 0 spiro atoms. The van der Waals surface area contributed by atoms with Crippen molar-refractivity contribution >= 4 is 5.91 Å². The van der Waals surface area contributed by atoms with Crippen LogP contribution in [0.1, 0.15) is 49.5 Å². The number of carbonyl (C=O) groups excluding carboxylic acids is 1. The Morgan fingerprint density at radius 1 is 1.47 bits per heavy atom. The fraction of sp³-hybridized carbons (Fsp3) is 0.714. The van der Waals surface area contributed by atoms with Gasteiger partial charge >= 0.3 is 0 Å². The maximum atomic E-state index is 12.5. The second kappa shape index (κ2) is 5.33. The van der Waals surface area contributed by atoms with Crippen molar-refractivity contribution in [2.24, 2.45) is 0 Å². The monoisotopic (exact) mass is 263 g/mol. The summed E-state index contributed by atoms with van der Waals surface area (Å²) in [6, 6.07) is 3.19. The van der Waals surface area contributed by atoms with E-state index in [0.29, 0.717) is 23.8 Å². The molecule has 2 bridgehead atoms. The number of hydrogen-bond donors (Lipinski definition) is 1. The van der Waals surface area contributed by atoms with Crippen LogP contribution in [0.2, 0.25) is 0 Å². The smallest absolute Gasteiger partial charge is 0.276 e. The van der Waals surface area contributed by atoms with Crippen LogP contribution in [0.15, 0.2) is 16.9 Å². The summed E-state index contributed by atoms with van der Waals surface area (Å²) >= 11 is 0. The number of piperidine rings is 1. The molecule has 19 heavy (non-hydrogen) atoms. The number of nitrogens with zero attached hydrogens (tertiary/aromatic N) is 2. The van der Waals surface area contributed by atoms with Crippen LogP contribution in [0.3, 0.4) is 0 Å². The zero-order valence-corrected chi connectivity index (χ0v) is 11.3. The van der Waals surface area contributed by atoms with Gasteiger partial charge in [-0.25, -0.2) is 0 Å². The van der Waals surface area contributed by atoms with E-state index in [-0.39, 0.29) is 5.91 Å². The molecule has 1 aromatic rings. The van der Waals surface area contributed by atoms with Gasteiger partial charge in [-0.2, -0.15) is 0 Å². The summed E-state index contributed by atoms with van der Waals surface area (Å²) in [4.78, 5) is 14.5. The number of aromatic nitrogens is 1. The number of amides is 1. The highest BCUT2D eigenvalue weighted by atomic mass is 16.5. The fourth-order valence-corrected chi connectivity index (χ4v) is 3.44. The van der Waals surface area contributed by atoms with Crippen molar-refractivity contribution in [1.29, 1.82) is 0 Å². The first-order valence-corrected chi connectivity index (χ1v) is 7.25. The number of nitrogens with one attached hydrogen (secondary N) is 1. The lowest BCUT2D eigenvalue weighted by atomic mass is 9.97. The van der Waals surface area contributed by atoms with Crippen LogP contribution >= 0.6 is 0 Å². The molecule has 0 aromatic carbocycles. The summed E-state index contributed by atoms with van der Waals surface area (Å²) < 4.78 is 4.80. The zero-order chi connectivity index (χ0) is 13.2. The first-order chi connectivity index (χ1) is 9.28. The molecule has 1 aromatic heterocycles. The molecular weight excluding hydrogens is 242 g/mol.